The van der Waals surface area contributed by atoms with Gasteiger partial charge in [0.2, 0.25) is 0 Å². The lowest BCUT2D eigenvalue weighted by Crippen LogP contribution is -2.25. The van der Waals surface area contributed by atoms with Crippen molar-refractivity contribution in [1.29, 1.82) is 0 Å². The molecular weight excluding hydrogens is 366 g/mol. The first kappa shape index (κ1) is 16.9. The number of anilines is 1. The molecule has 0 saturated carbocycles. The van der Waals surface area contributed by atoms with Crippen molar-refractivity contribution in [2.45, 2.75) is 26.0 Å². The molecule has 1 aromatic heterocycles. The summed E-state index contributed by atoms with van der Waals surface area (Å²) in [6.45, 7) is 3.39. The molecule has 0 fully saturated rings. The van der Waals surface area contributed by atoms with Gasteiger partial charge in [0.1, 0.15) is 12.1 Å². The summed E-state index contributed by atoms with van der Waals surface area (Å²) in [6.07, 6.45) is 2.55. The summed E-state index contributed by atoms with van der Waals surface area (Å²) in [7, 11) is 0. The Kier molecular flexibility index (Phi) is 5.77. The molecule has 1 N–H and O–H groups in total. The van der Waals surface area contributed by atoms with Crippen LogP contribution >= 0.6 is 15.9 Å². The Balaban J connectivity index is 1.66. The first-order valence-corrected chi connectivity index (χ1v) is 8.84. The molecular formula is C19H20BrN3O. The summed E-state index contributed by atoms with van der Waals surface area (Å²) in [5.41, 5.74) is 2.11. The Morgan fingerprint density at radius 2 is 1.96 bits per heavy atom. The summed E-state index contributed by atoms with van der Waals surface area (Å²) in [4.78, 5) is 8.72. The van der Waals surface area contributed by atoms with Crippen molar-refractivity contribution in [1.82, 2.24) is 9.97 Å². The van der Waals surface area contributed by atoms with Crippen molar-refractivity contribution < 1.29 is 4.74 Å². The van der Waals surface area contributed by atoms with Gasteiger partial charge in [-0.2, -0.15) is 0 Å². The van der Waals surface area contributed by atoms with Crippen LogP contribution in [0.2, 0.25) is 0 Å². The number of nitrogens with zero attached hydrogens (tertiary/aromatic N) is 2. The molecule has 5 heteroatoms. The fraction of sp³-hybridized carbons (Fsp3) is 0.263. The average molecular weight is 386 g/mol. The van der Waals surface area contributed by atoms with Gasteiger partial charge in [0.15, 0.2) is 0 Å². The summed E-state index contributed by atoms with van der Waals surface area (Å²) in [6, 6.07) is 16.4. The quantitative estimate of drug-likeness (QED) is 0.634. The molecule has 0 saturated heterocycles. The Hall–Kier alpha value is -1.98. The van der Waals surface area contributed by atoms with Gasteiger partial charge in [-0.05, 0) is 30.2 Å². The molecule has 3 aromatic rings. The number of fused-ring (bicyclic) bond motifs is 1. The van der Waals surface area contributed by atoms with Crippen LogP contribution in [-0.2, 0) is 11.3 Å². The van der Waals surface area contributed by atoms with Gasteiger partial charge in [0.05, 0.1) is 24.8 Å². The number of aromatic nitrogens is 2. The Morgan fingerprint density at radius 3 is 2.75 bits per heavy atom. The molecule has 1 atom stereocenters. The third kappa shape index (κ3) is 4.30. The molecule has 4 nitrogen and oxygen atoms in total. The van der Waals surface area contributed by atoms with Crippen LogP contribution in [0, 0.1) is 0 Å². The summed E-state index contributed by atoms with van der Waals surface area (Å²) in [5, 5.41) is 4.50. The standard InChI is InChI=1S/C19H20BrN3O/c1-2-16(12-24-11-14-6-4-3-5-7-14)23-19-17-10-15(20)8-9-18(17)21-13-22-19/h3-10,13,16H,2,11-12H2,1H3,(H,21,22,23). The second-order valence-electron chi connectivity index (χ2n) is 5.63. The van der Waals surface area contributed by atoms with Crippen LogP contribution in [0.5, 0.6) is 0 Å². The van der Waals surface area contributed by atoms with E-state index in [0.717, 1.165) is 27.6 Å². The van der Waals surface area contributed by atoms with Crippen molar-refractivity contribution in [3.8, 4) is 0 Å². The van der Waals surface area contributed by atoms with Crippen molar-refractivity contribution in [3.05, 3.63) is 64.9 Å². The maximum atomic E-state index is 5.87. The Bertz CT molecular complexity index is 795. The zero-order valence-electron chi connectivity index (χ0n) is 13.6. The molecule has 0 aliphatic heterocycles. The number of hydrogen-bond acceptors (Lipinski definition) is 4. The van der Waals surface area contributed by atoms with E-state index in [-0.39, 0.29) is 6.04 Å². The van der Waals surface area contributed by atoms with Crippen LogP contribution in [0.3, 0.4) is 0 Å². The topological polar surface area (TPSA) is 47.0 Å². The maximum Gasteiger partial charge on any atom is 0.137 e. The monoisotopic (exact) mass is 385 g/mol. The van der Waals surface area contributed by atoms with Crippen LogP contribution in [-0.4, -0.2) is 22.6 Å². The van der Waals surface area contributed by atoms with Crippen molar-refractivity contribution >= 4 is 32.7 Å². The van der Waals surface area contributed by atoms with Crippen LogP contribution in [0.15, 0.2) is 59.3 Å². The van der Waals surface area contributed by atoms with Gasteiger partial charge in [-0.3, -0.25) is 0 Å². The highest BCUT2D eigenvalue weighted by Gasteiger charge is 2.11. The summed E-state index contributed by atoms with van der Waals surface area (Å²) >= 11 is 3.51. The van der Waals surface area contributed by atoms with Crippen molar-refractivity contribution in [2.24, 2.45) is 0 Å². The molecule has 0 spiro atoms. The number of rotatable bonds is 7. The van der Waals surface area contributed by atoms with Gasteiger partial charge in [-0.25, -0.2) is 9.97 Å². The number of nitrogens with one attached hydrogen (secondary N) is 1. The van der Waals surface area contributed by atoms with E-state index in [9.17, 15) is 0 Å². The van der Waals surface area contributed by atoms with Crippen molar-refractivity contribution in [3.63, 3.8) is 0 Å². The maximum absolute atomic E-state index is 5.87. The summed E-state index contributed by atoms with van der Waals surface area (Å²) < 4.78 is 6.88. The SMILES string of the molecule is CCC(COCc1ccccc1)Nc1ncnc2ccc(Br)cc12. The molecule has 0 amide bonds. The third-order valence-electron chi connectivity index (χ3n) is 3.86. The fourth-order valence-corrected chi connectivity index (χ4v) is 2.85. The first-order chi connectivity index (χ1) is 11.8. The number of benzene rings is 2. The number of halogens is 1. The van der Waals surface area contributed by atoms with E-state index in [4.69, 9.17) is 4.74 Å². The predicted molar refractivity (Wildman–Crippen MR) is 101 cm³/mol. The van der Waals surface area contributed by atoms with E-state index in [1.807, 2.05) is 36.4 Å². The molecule has 3 rings (SSSR count). The predicted octanol–water partition coefficient (Wildman–Crippen LogP) is 4.80. The molecule has 2 aromatic carbocycles. The summed E-state index contributed by atoms with van der Waals surface area (Å²) in [5.74, 6) is 0.844. The first-order valence-electron chi connectivity index (χ1n) is 8.04. The minimum absolute atomic E-state index is 0.200. The molecule has 124 valence electrons. The average Bonchev–Trinajstić information content (AvgIpc) is 2.62. The number of hydrogen-bond donors (Lipinski definition) is 1. The van der Waals surface area contributed by atoms with E-state index >= 15 is 0 Å². The molecule has 1 heterocycles. The highest BCUT2D eigenvalue weighted by Crippen LogP contribution is 2.24. The fourth-order valence-electron chi connectivity index (χ4n) is 2.49. The van der Waals surface area contributed by atoms with Crippen LogP contribution in [0.4, 0.5) is 5.82 Å². The van der Waals surface area contributed by atoms with E-state index in [0.29, 0.717) is 13.2 Å². The third-order valence-corrected chi connectivity index (χ3v) is 4.35. The van der Waals surface area contributed by atoms with Crippen molar-refractivity contribution in [2.75, 3.05) is 11.9 Å². The van der Waals surface area contributed by atoms with Gasteiger partial charge in [0, 0.05) is 9.86 Å². The lowest BCUT2D eigenvalue weighted by molar-refractivity contribution is 0.111. The molecule has 0 bridgehead atoms. The lowest BCUT2D eigenvalue weighted by Gasteiger charge is -2.18. The second kappa shape index (κ2) is 8.22. The Labute approximate surface area is 150 Å². The Morgan fingerprint density at radius 1 is 1.12 bits per heavy atom. The minimum Gasteiger partial charge on any atom is -0.375 e. The van der Waals surface area contributed by atoms with Gasteiger partial charge in [-0.1, -0.05) is 53.2 Å². The van der Waals surface area contributed by atoms with E-state index in [1.165, 1.54) is 5.56 Å². The molecule has 24 heavy (non-hydrogen) atoms. The molecule has 1 unspecified atom stereocenters. The van der Waals surface area contributed by atoms with Gasteiger partial charge >= 0.3 is 0 Å². The second-order valence-corrected chi connectivity index (χ2v) is 6.55. The van der Waals surface area contributed by atoms with E-state index in [2.05, 4.69) is 50.3 Å². The highest BCUT2D eigenvalue weighted by atomic mass is 79.9. The zero-order chi connectivity index (χ0) is 16.8. The minimum atomic E-state index is 0.200. The van der Waals surface area contributed by atoms with Crippen LogP contribution < -0.4 is 5.32 Å². The smallest absolute Gasteiger partial charge is 0.137 e. The molecule has 0 aliphatic carbocycles. The number of ether oxygens (including phenoxy) is 1. The van der Waals surface area contributed by atoms with E-state index in [1.54, 1.807) is 6.33 Å². The van der Waals surface area contributed by atoms with Gasteiger partial charge in [0.25, 0.3) is 0 Å². The van der Waals surface area contributed by atoms with Crippen LogP contribution in [0.1, 0.15) is 18.9 Å². The molecule has 0 aliphatic rings. The van der Waals surface area contributed by atoms with Gasteiger partial charge in [-0.15, -0.1) is 0 Å². The van der Waals surface area contributed by atoms with Gasteiger partial charge < -0.3 is 10.1 Å². The largest absolute Gasteiger partial charge is 0.375 e. The van der Waals surface area contributed by atoms with E-state index < -0.39 is 0 Å². The highest BCUT2D eigenvalue weighted by molar-refractivity contribution is 9.10. The van der Waals surface area contributed by atoms with Crippen LogP contribution in [0.25, 0.3) is 10.9 Å². The molecule has 0 radical (unpaired) electrons. The normalized spacial score (nSPS) is 12.2. The zero-order valence-corrected chi connectivity index (χ0v) is 15.2. The lowest BCUT2D eigenvalue weighted by atomic mass is 10.2.